The summed E-state index contributed by atoms with van der Waals surface area (Å²) >= 11 is 27.7. The molecule has 0 aliphatic heterocycles. The fourth-order valence-electron chi connectivity index (χ4n) is 3.17. The molecule has 0 aliphatic rings. The lowest BCUT2D eigenvalue weighted by Gasteiger charge is -2.35. The molecule has 0 spiro atoms. The number of rotatable bonds is 3. The Balaban J connectivity index is 2.40. The lowest BCUT2D eigenvalue weighted by Crippen LogP contribution is -2.27. The van der Waals surface area contributed by atoms with Crippen LogP contribution in [0.3, 0.4) is 0 Å². The topological polar surface area (TPSA) is 0 Å². The SMILES string of the molecule is CC(c1ccccc1)(c1ccc(S)c(S)c1S)c1ccc(S)c(S)c1S. The number of thiol groups is 6. The van der Waals surface area contributed by atoms with E-state index in [9.17, 15) is 0 Å². The van der Waals surface area contributed by atoms with Gasteiger partial charge in [0.15, 0.2) is 0 Å². The van der Waals surface area contributed by atoms with E-state index in [1.54, 1.807) is 0 Å². The summed E-state index contributed by atoms with van der Waals surface area (Å²) in [5.41, 5.74) is 2.70. The summed E-state index contributed by atoms with van der Waals surface area (Å²) in [6, 6.07) is 18.3. The molecular weight excluding hydrogens is 433 g/mol. The first kappa shape index (κ1) is 20.5. The molecule has 134 valence electrons. The van der Waals surface area contributed by atoms with Gasteiger partial charge < -0.3 is 0 Å². The minimum atomic E-state index is -0.493. The van der Waals surface area contributed by atoms with E-state index in [0.29, 0.717) is 0 Å². The lowest BCUT2D eigenvalue weighted by molar-refractivity contribution is 0.649. The second kappa shape index (κ2) is 8.02. The van der Waals surface area contributed by atoms with Crippen molar-refractivity contribution in [2.24, 2.45) is 0 Å². The smallest absolute Gasteiger partial charge is 0.0446 e. The van der Waals surface area contributed by atoms with Crippen LogP contribution in [-0.4, -0.2) is 0 Å². The largest absolute Gasteiger partial charge is 0.142 e. The highest BCUT2D eigenvalue weighted by Gasteiger charge is 2.35. The maximum absolute atomic E-state index is 4.77. The van der Waals surface area contributed by atoms with Crippen LogP contribution in [0.4, 0.5) is 0 Å². The van der Waals surface area contributed by atoms with Gasteiger partial charge >= 0.3 is 0 Å². The second-order valence-electron chi connectivity index (χ2n) is 6.15. The molecular formula is C20H18S6. The van der Waals surface area contributed by atoms with Gasteiger partial charge in [0, 0.05) is 34.8 Å². The first-order chi connectivity index (χ1) is 12.3. The van der Waals surface area contributed by atoms with Crippen molar-refractivity contribution in [2.45, 2.75) is 41.7 Å². The fraction of sp³-hybridized carbons (Fsp3) is 0.100. The van der Waals surface area contributed by atoms with Crippen LogP contribution in [0.25, 0.3) is 0 Å². The summed E-state index contributed by atoms with van der Waals surface area (Å²) in [5, 5.41) is 0. The highest BCUT2D eigenvalue weighted by Crippen LogP contribution is 2.47. The van der Waals surface area contributed by atoms with E-state index < -0.39 is 5.41 Å². The molecule has 0 N–H and O–H groups in total. The third kappa shape index (κ3) is 3.45. The van der Waals surface area contributed by atoms with Gasteiger partial charge in [0.25, 0.3) is 0 Å². The zero-order valence-corrected chi connectivity index (χ0v) is 19.2. The molecule has 0 radical (unpaired) electrons. The molecule has 0 atom stereocenters. The average molecular weight is 451 g/mol. The third-order valence-electron chi connectivity index (χ3n) is 4.69. The van der Waals surface area contributed by atoms with Crippen molar-refractivity contribution in [2.75, 3.05) is 0 Å². The van der Waals surface area contributed by atoms with Crippen LogP contribution in [0.5, 0.6) is 0 Å². The predicted molar refractivity (Wildman–Crippen MR) is 128 cm³/mol. The number of hydrogen-bond donors (Lipinski definition) is 6. The van der Waals surface area contributed by atoms with E-state index in [1.807, 2.05) is 30.3 Å². The summed E-state index contributed by atoms with van der Waals surface area (Å²) in [4.78, 5) is 4.71. The Morgan fingerprint density at radius 3 is 1.38 bits per heavy atom. The van der Waals surface area contributed by atoms with Crippen molar-refractivity contribution in [3.8, 4) is 0 Å². The Morgan fingerprint density at radius 1 is 0.538 bits per heavy atom. The van der Waals surface area contributed by atoms with E-state index >= 15 is 0 Å². The molecule has 26 heavy (non-hydrogen) atoms. The zero-order valence-electron chi connectivity index (χ0n) is 13.9. The molecule has 3 aromatic rings. The van der Waals surface area contributed by atoms with Gasteiger partial charge in [0.2, 0.25) is 0 Å². The first-order valence-corrected chi connectivity index (χ1v) is 10.5. The molecule has 0 aromatic heterocycles. The minimum Gasteiger partial charge on any atom is -0.142 e. The highest BCUT2D eigenvalue weighted by atomic mass is 32.1. The van der Waals surface area contributed by atoms with Crippen LogP contribution < -0.4 is 0 Å². The first-order valence-electron chi connectivity index (χ1n) is 7.82. The van der Waals surface area contributed by atoms with Crippen molar-refractivity contribution >= 4 is 75.8 Å². The highest BCUT2D eigenvalue weighted by molar-refractivity contribution is 7.85. The van der Waals surface area contributed by atoms with E-state index in [0.717, 1.165) is 46.1 Å². The molecule has 6 heteroatoms. The molecule has 0 aliphatic carbocycles. The van der Waals surface area contributed by atoms with Crippen LogP contribution in [0.15, 0.2) is 84.0 Å². The van der Waals surface area contributed by atoms with Gasteiger partial charge in [-0.15, -0.1) is 75.8 Å². The lowest BCUT2D eigenvalue weighted by atomic mass is 9.71. The Bertz CT molecular complexity index is 908. The Labute approximate surface area is 187 Å². The molecule has 3 rings (SSSR count). The molecule has 0 nitrogen and oxygen atoms in total. The van der Waals surface area contributed by atoms with E-state index in [2.05, 4.69) is 81.7 Å². The van der Waals surface area contributed by atoms with Crippen LogP contribution >= 0.6 is 75.8 Å². The summed E-state index contributed by atoms with van der Waals surface area (Å²) in [6.45, 7) is 2.17. The molecule has 0 saturated carbocycles. The van der Waals surface area contributed by atoms with Crippen LogP contribution in [0.2, 0.25) is 0 Å². The monoisotopic (exact) mass is 450 g/mol. The van der Waals surface area contributed by atoms with Crippen LogP contribution in [0.1, 0.15) is 23.6 Å². The average Bonchev–Trinajstić information content (AvgIpc) is 2.64. The quantitative estimate of drug-likeness (QED) is 0.184. The molecule has 3 aromatic carbocycles. The van der Waals surface area contributed by atoms with Gasteiger partial charge in [-0.3, -0.25) is 0 Å². The molecule has 0 saturated heterocycles. The Morgan fingerprint density at radius 2 is 0.962 bits per heavy atom. The van der Waals surface area contributed by atoms with Gasteiger partial charge in [-0.05, 0) is 35.7 Å². The summed E-state index contributed by atoms with van der Waals surface area (Å²) in [7, 11) is 0. The Kier molecular flexibility index (Phi) is 6.32. The van der Waals surface area contributed by atoms with E-state index in [1.165, 1.54) is 0 Å². The maximum Gasteiger partial charge on any atom is 0.0446 e. The normalized spacial score (nSPS) is 11.7. The van der Waals surface area contributed by atoms with Gasteiger partial charge in [-0.25, -0.2) is 0 Å². The number of hydrogen-bond acceptors (Lipinski definition) is 6. The molecule has 0 bridgehead atoms. The van der Waals surface area contributed by atoms with E-state index in [4.69, 9.17) is 25.3 Å². The zero-order chi connectivity index (χ0) is 19.1. The minimum absolute atomic E-state index is 0.493. The molecule has 0 amide bonds. The van der Waals surface area contributed by atoms with Crippen molar-refractivity contribution in [3.63, 3.8) is 0 Å². The summed E-state index contributed by atoms with van der Waals surface area (Å²) < 4.78 is 0. The van der Waals surface area contributed by atoms with Gasteiger partial charge in [0.05, 0.1) is 0 Å². The Hall–Kier alpha value is -0.240. The van der Waals surface area contributed by atoms with Gasteiger partial charge in [0.1, 0.15) is 0 Å². The molecule has 0 unspecified atom stereocenters. The summed E-state index contributed by atoms with van der Waals surface area (Å²) in [5.74, 6) is 0. The number of benzene rings is 3. The molecule has 0 heterocycles. The predicted octanol–water partition coefficient (Wildman–Crippen LogP) is 6.77. The second-order valence-corrected chi connectivity index (χ2v) is 8.90. The van der Waals surface area contributed by atoms with E-state index in [-0.39, 0.29) is 0 Å². The van der Waals surface area contributed by atoms with Crippen molar-refractivity contribution in [3.05, 3.63) is 71.3 Å². The summed E-state index contributed by atoms with van der Waals surface area (Å²) in [6.07, 6.45) is 0. The maximum atomic E-state index is 4.77. The van der Waals surface area contributed by atoms with Crippen LogP contribution in [-0.2, 0) is 5.41 Å². The van der Waals surface area contributed by atoms with Crippen molar-refractivity contribution in [1.82, 2.24) is 0 Å². The van der Waals surface area contributed by atoms with Crippen molar-refractivity contribution < 1.29 is 0 Å². The van der Waals surface area contributed by atoms with Crippen molar-refractivity contribution in [1.29, 1.82) is 0 Å². The molecule has 0 fully saturated rings. The fourth-order valence-corrected chi connectivity index (χ4v) is 4.95. The van der Waals surface area contributed by atoms with Gasteiger partial charge in [-0.1, -0.05) is 42.5 Å². The van der Waals surface area contributed by atoms with Gasteiger partial charge in [-0.2, -0.15) is 0 Å². The standard InChI is InChI=1S/C20H18S6/c1-20(11-5-3-2-4-6-11,12-7-9-14(21)18(25)16(12)23)13-8-10-15(22)19(26)17(13)24/h2-10,21-26H,1H3. The third-order valence-corrected chi connectivity index (χ3v) is 8.00. The van der Waals surface area contributed by atoms with Crippen LogP contribution in [0, 0.1) is 0 Å².